The quantitative estimate of drug-likeness (QED) is 0.783. The van der Waals surface area contributed by atoms with E-state index in [9.17, 15) is 9.59 Å². The number of nitrogens with two attached hydrogens (primary N) is 1. The van der Waals surface area contributed by atoms with Crippen LogP contribution >= 0.6 is 0 Å². The van der Waals surface area contributed by atoms with Crippen molar-refractivity contribution in [3.63, 3.8) is 0 Å². The molecule has 5 nitrogen and oxygen atoms in total. The minimum atomic E-state index is 0.00788. The zero-order valence-corrected chi connectivity index (χ0v) is 16.7. The standard InChI is InChI=1S/C24H29N3O2/c25-21-8-4-5-9-22(21)27(24(29)19-6-2-1-3-7-19)16-17-10-14-20(15-11-17)26-23(28)18-12-13-18/h1-3,6-7,10-11,14-15,18,21-22H,4-5,8-9,12-13,16,25H2,(H,26,28). The van der Waals surface area contributed by atoms with Gasteiger partial charge in [0.2, 0.25) is 5.91 Å². The van der Waals surface area contributed by atoms with Crippen LogP contribution in [0, 0.1) is 5.92 Å². The molecule has 2 aliphatic rings. The van der Waals surface area contributed by atoms with Crippen LogP contribution in [0.4, 0.5) is 5.69 Å². The Kier molecular flexibility index (Phi) is 5.95. The lowest BCUT2D eigenvalue weighted by molar-refractivity contribution is -0.117. The van der Waals surface area contributed by atoms with E-state index in [2.05, 4.69) is 5.32 Å². The predicted molar refractivity (Wildman–Crippen MR) is 114 cm³/mol. The molecule has 2 aromatic carbocycles. The second-order valence-corrected chi connectivity index (χ2v) is 8.28. The van der Waals surface area contributed by atoms with E-state index in [-0.39, 0.29) is 29.8 Å². The Morgan fingerprint density at radius 1 is 0.931 bits per heavy atom. The first-order chi connectivity index (χ1) is 14.1. The van der Waals surface area contributed by atoms with Crippen molar-refractivity contribution in [2.24, 2.45) is 11.7 Å². The SMILES string of the molecule is NC1CCCCC1N(Cc1ccc(NC(=O)C2CC2)cc1)C(=O)c1ccccc1. The number of nitrogens with zero attached hydrogens (tertiary/aromatic N) is 1. The lowest BCUT2D eigenvalue weighted by Gasteiger charge is -2.38. The molecule has 0 heterocycles. The summed E-state index contributed by atoms with van der Waals surface area (Å²) in [7, 11) is 0. The summed E-state index contributed by atoms with van der Waals surface area (Å²) < 4.78 is 0. The molecule has 2 fully saturated rings. The molecule has 29 heavy (non-hydrogen) atoms. The zero-order valence-electron chi connectivity index (χ0n) is 16.7. The largest absolute Gasteiger partial charge is 0.330 e. The van der Waals surface area contributed by atoms with Gasteiger partial charge < -0.3 is 16.0 Å². The summed E-state index contributed by atoms with van der Waals surface area (Å²) in [5, 5.41) is 2.96. The number of anilines is 1. The number of hydrogen-bond acceptors (Lipinski definition) is 3. The molecule has 0 spiro atoms. The number of amides is 2. The predicted octanol–water partition coefficient (Wildman–Crippen LogP) is 3.95. The van der Waals surface area contributed by atoms with Crippen molar-refractivity contribution in [2.75, 3.05) is 5.32 Å². The third kappa shape index (κ3) is 4.85. The zero-order chi connectivity index (χ0) is 20.2. The molecule has 2 aromatic rings. The van der Waals surface area contributed by atoms with Gasteiger partial charge in [-0.1, -0.05) is 43.2 Å². The Labute approximate surface area is 172 Å². The summed E-state index contributed by atoms with van der Waals surface area (Å²) in [4.78, 5) is 27.2. The van der Waals surface area contributed by atoms with Crippen LogP contribution in [0.2, 0.25) is 0 Å². The van der Waals surface area contributed by atoms with Gasteiger partial charge in [0.05, 0.1) is 0 Å². The Morgan fingerprint density at radius 3 is 2.28 bits per heavy atom. The fourth-order valence-electron chi connectivity index (χ4n) is 4.09. The fraction of sp³-hybridized carbons (Fsp3) is 0.417. The average Bonchev–Trinajstić information content (AvgIpc) is 3.60. The molecule has 2 atom stereocenters. The number of rotatable bonds is 6. The smallest absolute Gasteiger partial charge is 0.254 e. The number of benzene rings is 2. The van der Waals surface area contributed by atoms with Crippen LogP contribution in [0.25, 0.3) is 0 Å². The Morgan fingerprint density at radius 2 is 1.62 bits per heavy atom. The van der Waals surface area contributed by atoms with E-state index < -0.39 is 0 Å². The molecule has 4 rings (SSSR count). The lowest BCUT2D eigenvalue weighted by Crippen LogP contribution is -2.51. The van der Waals surface area contributed by atoms with Gasteiger partial charge in [-0.15, -0.1) is 0 Å². The Balaban J connectivity index is 1.51. The maximum atomic E-state index is 13.3. The van der Waals surface area contributed by atoms with Gasteiger partial charge in [-0.05, 0) is 55.5 Å². The molecule has 2 unspecified atom stereocenters. The van der Waals surface area contributed by atoms with Crippen LogP contribution in [-0.2, 0) is 11.3 Å². The maximum Gasteiger partial charge on any atom is 0.254 e. The highest BCUT2D eigenvalue weighted by Crippen LogP contribution is 2.30. The van der Waals surface area contributed by atoms with E-state index in [4.69, 9.17) is 5.73 Å². The lowest BCUT2D eigenvalue weighted by atomic mass is 9.89. The van der Waals surface area contributed by atoms with Crippen LogP contribution in [0.15, 0.2) is 54.6 Å². The highest BCUT2D eigenvalue weighted by Gasteiger charge is 2.32. The highest BCUT2D eigenvalue weighted by molar-refractivity contribution is 5.95. The minimum Gasteiger partial charge on any atom is -0.330 e. The van der Waals surface area contributed by atoms with Gasteiger partial charge in [0.15, 0.2) is 0 Å². The van der Waals surface area contributed by atoms with Crippen molar-refractivity contribution in [1.29, 1.82) is 0 Å². The van der Waals surface area contributed by atoms with Crippen LogP contribution in [0.5, 0.6) is 0 Å². The van der Waals surface area contributed by atoms with Crippen LogP contribution in [0.1, 0.15) is 54.4 Å². The minimum absolute atomic E-state index is 0.00788. The number of carbonyl (C=O) groups is 2. The van der Waals surface area contributed by atoms with Gasteiger partial charge in [-0.3, -0.25) is 9.59 Å². The molecule has 0 bridgehead atoms. The summed E-state index contributed by atoms with van der Waals surface area (Å²) >= 11 is 0. The molecule has 0 aliphatic heterocycles. The van der Waals surface area contributed by atoms with Gasteiger partial charge in [0.1, 0.15) is 0 Å². The molecule has 0 radical (unpaired) electrons. The topological polar surface area (TPSA) is 75.4 Å². The third-order valence-electron chi connectivity index (χ3n) is 5.99. The average molecular weight is 392 g/mol. The molecule has 2 saturated carbocycles. The van der Waals surface area contributed by atoms with Gasteiger partial charge in [0, 0.05) is 35.8 Å². The highest BCUT2D eigenvalue weighted by atomic mass is 16.2. The van der Waals surface area contributed by atoms with Crippen molar-refractivity contribution in [3.05, 3.63) is 65.7 Å². The number of nitrogens with one attached hydrogen (secondary N) is 1. The first-order valence-electron chi connectivity index (χ1n) is 10.6. The molecular weight excluding hydrogens is 362 g/mol. The summed E-state index contributed by atoms with van der Waals surface area (Å²) in [5.41, 5.74) is 8.96. The normalized spacial score (nSPS) is 21.4. The van der Waals surface area contributed by atoms with E-state index in [1.54, 1.807) is 0 Å². The van der Waals surface area contributed by atoms with Crippen molar-refractivity contribution in [3.8, 4) is 0 Å². The molecular formula is C24H29N3O2. The van der Waals surface area contributed by atoms with Crippen LogP contribution in [0.3, 0.4) is 0 Å². The van der Waals surface area contributed by atoms with E-state index in [0.717, 1.165) is 49.8 Å². The Hall–Kier alpha value is -2.66. The first-order valence-corrected chi connectivity index (χ1v) is 10.6. The number of carbonyl (C=O) groups excluding carboxylic acids is 2. The van der Waals surface area contributed by atoms with E-state index in [1.807, 2.05) is 59.5 Å². The molecule has 2 aliphatic carbocycles. The van der Waals surface area contributed by atoms with Crippen molar-refractivity contribution < 1.29 is 9.59 Å². The number of hydrogen-bond donors (Lipinski definition) is 2. The van der Waals surface area contributed by atoms with Gasteiger partial charge >= 0.3 is 0 Å². The van der Waals surface area contributed by atoms with Gasteiger partial charge in [-0.25, -0.2) is 0 Å². The van der Waals surface area contributed by atoms with Gasteiger partial charge in [0.25, 0.3) is 5.91 Å². The first kappa shape index (κ1) is 19.6. The third-order valence-corrected chi connectivity index (χ3v) is 5.99. The molecule has 0 aromatic heterocycles. The second-order valence-electron chi connectivity index (χ2n) is 8.28. The second kappa shape index (κ2) is 8.78. The Bertz CT molecular complexity index is 846. The van der Waals surface area contributed by atoms with Gasteiger partial charge in [-0.2, -0.15) is 0 Å². The summed E-state index contributed by atoms with van der Waals surface area (Å²) in [6.07, 6.45) is 6.10. The molecule has 0 saturated heterocycles. The summed E-state index contributed by atoms with van der Waals surface area (Å²) in [5.74, 6) is 0.312. The maximum absolute atomic E-state index is 13.3. The van der Waals surface area contributed by atoms with E-state index >= 15 is 0 Å². The van der Waals surface area contributed by atoms with E-state index in [1.165, 1.54) is 0 Å². The van der Waals surface area contributed by atoms with Crippen molar-refractivity contribution in [1.82, 2.24) is 4.90 Å². The van der Waals surface area contributed by atoms with Crippen LogP contribution < -0.4 is 11.1 Å². The molecule has 152 valence electrons. The molecule has 2 amide bonds. The van der Waals surface area contributed by atoms with E-state index in [0.29, 0.717) is 12.1 Å². The fourth-order valence-corrected chi connectivity index (χ4v) is 4.09. The van der Waals surface area contributed by atoms with Crippen molar-refractivity contribution in [2.45, 2.75) is 57.2 Å². The molecule has 5 heteroatoms. The summed E-state index contributed by atoms with van der Waals surface area (Å²) in [6, 6.07) is 17.3. The monoisotopic (exact) mass is 391 g/mol. The summed E-state index contributed by atoms with van der Waals surface area (Å²) in [6.45, 7) is 0.517. The molecule has 3 N–H and O–H groups in total. The van der Waals surface area contributed by atoms with Crippen LogP contribution in [-0.4, -0.2) is 28.8 Å². The van der Waals surface area contributed by atoms with Crippen molar-refractivity contribution >= 4 is 17.5 Å².